The topological polar surface area (TPSA) is 91.2 Å². The van der Waals surface area contributed by atoms with Gasteiger partial charge >= 0.3 is 5.97 Å². The third kappa shape index (κ3) is 7.63. The number of hydrogen-bond acceptors (Lipinski definition) is 5. The maximum absolute atomic E-state index is 12.5. The van der Waals surface area contributed by atoms with Gasteiger partial charge in [0.25, 0.3) is 5.91 Å². The molecule has 162 valence electrons. The molecule has 0 heterocycles. The van der Waals surface area contributed by atoms with Crippen LogP contribution in [0.25, 0.3) is 0 Å². The number of hydrogen-bond donors (Lipinski definition) is 2. The highest BCUT2D eigenvalue weighted by molar-refractivity contribution is 6.07. The number of nitriles is 1. The van der Waals surface area contributed by atoms with Crippen molar-refractivity contribution >= 4 is 23.3 Å². The first-order chi connectivity index (χ1) is 15.1. The summed E-state index contributed by atoms with van der Waals surface area (Å²) in [5.41, 5.74) is 2.52. The van der Waals surface area contributed by atoms with Gasteiger partial charge < -0.3 is 15.4 Å². The zero-order valence-electron chi connectivity index (χ0n) is 18.1. The van der Waals surface area contributed by atoms with E-state index in [1.165, 1.54) is 11.8 Å². The number of carbonyl (C=O) groups excluding carboxylic acids is 2. The molecule has 1 amide bonds. The van der Waals surface area contributed by atoms with Crippen molar-refractivity contribution in [3.05, 3.63) is 71.4 Å². The summed E-state index contributed by atoms with van der Waals surface area (Å²) >= 11 is 0. The van der Waals surface area contributed by atoms with Gasteiger partial charge in [0, 0.05) is 11.9 Å². The monoisotopic (exact) mass is 419 g/mol. The highest BCUT2D eigenvalue weighted by Crippen LogP contribution is 2.18. The van der Waals surface area contributed by atoms with Crippen LogP contribution in [0.5, 0.6) is 0 Å². The summed E-state index contributed by atoms with van der Waals surface area (Å²) in [7, 11) is 0. The van der Waals surface area contributed by atoms with Gasteiger partial charge in [-0.3, -0.25) is 4.79 Å². The average Bonchev–Trinajstić information content (AvgIpc) is 2.79. The summed E-state index contributed by atoms with van der Waals surface area (Å²) in [5, 5.41) is 15.0. The molecule has 6 heteroatoms. The van der Waals surface area contributed by atoms with Crippen LogP contribution in [0.4, 0.5) is 11.4 Å². The first kappa shape index (κ1) is 23.7. The van der Waals surface area contributed by atoms with Crippen molar-refractivity contribution < 1.29 is 14.3 Å². The van der Waals surface area contributed by atoms with Gasteiger partial charge in [0.05, 0.1) is 17.9 Å². The van der Waals surface area contributed by atoms with Crippen molar-refractivity contribution in [1.82, 2.24) is 0 Å². The molecule has 0 atom stereocenters. The number of para-hydroxylation sites is 1. The van der Waals surface area contributed by atoms with Crippen LogP contribution in [-0.2, 0) is 16.0 Å². The predicted molar refractivity (Wildman–Crippen MR) is 123 cm³/mol. The lowest BCUT2D eigenvalue weighted by Crippen LogP contribution is -2.15. The lowest BCUT2D eigenvalue weighted by molar-refractivity contribution is -0.112. The van der Waals surface area contributed by atoms with Crippen LogP contribution >= 0.6 is 0 Å². The molecule has 0 aliphatic rings. The Kier molecular flexibility index (Phi) is 9.83. The lowest BCUT2D eigenvalue weighted by atomic mass is 10.1. The van der Waals surface area contributed by atoms with E-state index in [1.807, 2.05) is 37.3 Å². The van der Waals surface area contributed by atoms with E-state index < -0.39 is 11.9 Å². The molecule has 0 spiro atoms. The van der Waals surface area contributed by atoms with Crippen molar-refractivity contribution in [2.45, 2.75) is 46.0 Å². The lowest BCUT2D eigenvalue weighted by Gasteiger charge is -2.10. The summed E-state index contributed by atoms with van der Waals surface area (Å²) in [6, 6.07) is 16.3. The molecular weight excluding hydrogens is 390 g/mol. The summed E-state index contributed by atoms with van der Waals surface area (Å²) in [6.45, 7) is 4.51. The highest BCUT2D eigenvalue weighted by Gasteiger charge is 2.13. The van der Waals surface area contributed by atoms with E-state index >= 15 is 0 Å². The van der Waals surface area contributed by atoms with E-state index in [9.17, 15) is 14.9 Å². The molecule has 0 saturated heterocycles. The molecule has 31 heavy (non-hydrogen) atoms. The zero-order valence-corrected chi connectivity index (χ0v) is 18.1. The number of benzene rings is 2. The first-order valence-corrected chi connectivity index (χ1v) is 10.6. The maximum Gasteiger partial charge on any atom is 0.340 e. The number of unbranched alkanes of at least 4 members (excludes halogenated alkanes) is 2. The molecule has 0 aliphatic heterocycles. The van der Waals surface area contributed by atoms with Crippen LogP contribution in [0.3, 0.4) is 0 Å². The Balaban J connectivity index is 2.04. The fourth-order valence-electron chi connectivity index (χ4n) is 2.81. The van der Waals surface area contributed by atoms with Crippen molar-refractivity contribution in [3.63, 3.8) is 0 Å². The van der Waals surface area contributed by atoms with Crippen molar-refractivity contribution in [1.29, 1.82) is 5.26 Å². The van der Waals surface area contributed by atoms with Gasteiger partial charge in [0.2, 0.25) is 0 Å². The summed E-state index contributed by atoms with van der Waals surface area (Å²) in [4.78, 5) is 24.8. The third-order valence-corrected chi connectivity index (χ3v) is 4.65. The molecule has 2 aromatic carbocycles. The van der Waals surface area contributed by atoms with Gasteiger partial charge in [-0.25, -0.2) is 4.79 Å². The minimum atomic E-state index is -0.528. The molecule has 0 aromatic heterocycles. The van der Waals surface area contributed by atoms with E-state index in [1.54, 1.807) is 24.3 Å². The molecule has 2 rings (SSSR count). The normalized spacial score (nSPS) is 10.8. The molecule has 6 nitrogen and oxygen atoms in total. The number of nitrogens with one attached hydrogen (secondary N) is 2. The van der Waals surface area contributed by atoms with E-state index in [4.69, 9.17) is 4.74 Å². The molecule has 0 saturated carbocycles. The Morgan fingerprint density at radius 1 is 1.03 bits per heavy atom. The standard InChI is InChI=1S/C25H29N3O3/c1-3-5-9-19-12-14-21(15-13-19)28-24(29)20(17-26)18-27-23-11-8-7-10-22(23)25(30)31-16-6-4-2/h7-8,10-15,18,27H,3-6,9,16H2,1-2H3,(H,28,29)/b20-18-. The van der Waals surface area contributed by atoms with Crippen LogP contribution in [0, 0.1) is 11.3 Å². The van der Waals surface area contributed by atoms with Crippen LogP contribution in [-0.4, -0.2) is 18.5 Å². The smallest absolute Gasteiger partial charge is 0.340 e. The van der Waals surface area contributed by atoms with Crippen LogP contribution in [0.2, 0.25) is 0 Å². The van der Waals surface area contributed by atoms with Crippen molar-refractivity contribution in [2.75, 3.05) is 17.2 Å². The highest BCUT2D eigenvalue weighted by atomic mass is 16.5. The van der Waals surface area contributed by atoms with Gasteiger partial charge in [-0.2, -0.15) is 5.26 Å². The molecule has 0 fully saturated rings. The number of anilines is 2. The number of esters is 1. The molecule has 0 radical (unpaired) electrons. The number of rotatable bonds is 11. The van der Waals surface area contributed by atoms with Gasteiger partial charge in [-0.1, -0.05) is 51.0 Å². The fourth-order valence-corrected chi connectivity index (χ4v) is 2.81. The van der Waals surface area contributed by atoms with E-state index in [0.29, 0.717) is 23.5 Å². The zero-order chi connectivity index (χ0) is 22.5. The first-order valence-electron chi connectivity index (χ1n) is 10.6. The average molecular weight is 420 g/mol. The Morgan fingerprint density at radius 2 is 1.74 bits per heavy atom. The van der Waals surface area contributed by atoms with Crippen LogP contribution in [0.15, 0.2) is 60.3 Å². The van der Waals surface area contributed by atoms with E-state index in [2.05, 4.69) is 17.6 Å². The molecule has 0 unspecified atom stereocenters. The van der Waals surface area contributed by atoms with Gasteiger partial charge in [0.1, 0.15) is 11.6 Å². The summed E-state index contributed by atoms with van der Waals surface area (Å²) in [5.74, 6) is -0.976. The van der Waals surface area contributed by atoms with Gasteiger partial charge in [0.15, 0.2) is 0 Å². The van der Waals surface area contributed by atoms with E-state index in [-0.39, 0.29) is 5.57 Å². The Morgan fingerprint density at radius 3 is 2.42 bits per heavy atom. The molecular formula is C25H29N3O3. The molecule has 0 bridgehead atoms. The Bertz CT molecular complexity index is 943. The molecule has 0 aliphatic carbocycles. The largest absolute Gasteiger partial charge is 0.462 e. The number of carbonyl (C=O) groups is 2. The third-order valence-electron chi connectivity index (χ3n) is 4.65. The minimum absolute atomic E-state index is 0.107. The Hall–Kier alpha value is -3.59. The number of aryl methyl sites for hydroxylation is 1. The van der Waals surface area contributed by atoms with E-state index in [0.717, 1.165) is 32.1 Å². The maximum atomic E-state index is 12.5. The van der Waals surface area contributed by atoms with Gasteiger partial charge in [-0.15, -0.1) is 0 Å². The predicted octanol–water partition coefficient (Wildman–Crippen LogP) is 5.44. The van der Waals surface area contributed by atoms with Crippen molar-refractivity contribution in [2.24, 2.45) is 0 Å². The summed E-state index contributed by atoms with van der Waals surface area (Å²) < 4.78 is 5.26. The second kappa shape index (κ2) is 12.9. The van der Waals surface area contributed by atoms with Gasteiger partial charge in [-0.05, 0) is 49.1 Å². The van der Waals surface area contributed by atoms with Crippen molar-refractivity contribution in [3.8, 4) is 6.07 Å². The fraction of sp³-hybridized carbons (Fsp3) is 0.320. The number of amides is 1. The quantitative estimate of drug-likeness (QED) is 0.219. The second-order valence-electron chi connectivity index (χ2n) is 7.10. The molecule has 2 aromatic rings. The SMILES string of the molecule is CCCCOC(=O)c1ccccc1N/C=C(/C#N)C(=O)Nc1ccc(CCCC)cc1. The number of ether oxygens (including phenoxy) is 1. The van der Waals surface area contributed by atoms with Crippen LogP contribution < -0.4 is 10.6 Å². The number of nitrogens with zero attached hydrogens (tertiary/aromatic N) is 1. The van der Waals surface area contributed by atoms with Crippen LogP contribution in [0.1, 0.15) is 55.5 Å². The summed E-state index contributed by atoms with van der Waals surface area (Å²) in [6.07, 6.45) is 6.26. The molecule has 2 N–H and O–H groups in total. The second-order valence-corrected chi connectivity index (χ2v) is 7.10. The Labute approximate surface area is 183 Å². The minimum Gasteiger partial charge on any atom is -0.462 e.